The summed E-state index contributed by atoms with van der Waals surface area (Å²) < 4.78 is 13.0. The van der Waals surface area contributed by atoms with Crippen LogP contribution in [0, 0.1) is 12.7 Å². The number of nitrogens with one attached hydrogen (secondary N) is 1. The van der Waals surface area contributed by atoms with Crippen LogP contribution in [0.5, 0.6) is 0 Å². The van der Waals surface area contributed by atoms with Gasteiger partial charge in [0.1, 0.15) is 5.82 Å². The standard InChI is InChI=1S/C12H17FN2O.C2H6/c1-9-4-10(6-11(13)5-9)7-14-8-12(16)15(2)3;1-2/h4-6,14H,7-8H2,1-3H3;1-2H3. The summed E-state index contributed by atoms with van der Waals surface area (Å²) in [5.41, 5.74) is 1.74. The number of carbonyl (C=O) groups excluding carboxylic acids is 1. The number of hydrogen-bond acceptors (Lipinski definition) is 2. The second-order valence-corrected chi connectivity index (χ2v) is 4.03. The highest BCUT2D eigenvalue weighted by atomic mass is 19.1. The summed E-state index contributed by atoms with van der Waals surface area (Å²) in [5, 5.41) is 2.98. The van der Waals surface area contributed by atoms with Crippen molar-refractivity contribution in [2.45, 2.75) is 27.3 Å². The van der Waals surface area contributed by atoms with Crippen LogP contribution in [0.4, 0.5) is 4.39 Å². The summed E-state index contributed by atoms with van der Waals surface area (Å²) in [4.78, 5) is 12.8. The Morgan fingerprint density at radius 1 is 1.28 bits per heavy atom. The van der Waals surface area contributed by atoms with Crippen LogP contribution in [0.3, 0.4) is 0 Å². The molecule has 0 saturated carbocycles. The normalized spacial score (nSPS) is 9.44. The molecule has 0 fully saturated rings. The van der Waals surface area contributed by atoms with Crippen molar-refractivity contribution < 1.29 is 9.18 Å². The Labute approximate surface area is 109 Å². The Kier molecular flexibility index (Phi) is 7.96. The Morgan fingerprint density at radius 3 is 2.39 bits per heavy atom. The maximum absolute atomic E-state index is 13.0. The van der Waals surface area contributed by atoms with Gasteiger partial charge in [-0.2, -0.15) is 0 Å². The predicted molar refractivity (Wildman–Crippen MR) is 72.9 cm³/mol. The number of benzene rings is 1. The molecule has 0 heterocycles. The van der Waals surface area contributed by atoms with Gasteiger partial charge in [0.25, 0.3) is 0 Å². The number of rotatable bonds is 4. The maximum atomic E-state index is 13.0. The van der Waals surface area contributed by atoms with E-state index in [4.69, 9.17) is 0 Å². The van der Waals surface area contributed by atoms with Gasteiger partial charge in [-0.05, 0) is 30.2 Å². The third-order valence-corrected chi connectivity index (χ3v) is 2.21. The van der Waals surface area contributed by atoms with Gasteiger partial charge >= 0.3 is 0 Å². The molecule has 0 unspecified atom stereocenters. The molecule has 1 N–H and O–H groups in total. The van der Waals surface area contributed by atoms with Gasteiger partial charge in [0.2, 0.25) is 5.91 Å². The molecule has 0 bridgehead atoms. The van der Waals surface area contributed by atoms with Crippen LogP contribution >= 0.6 is 0 Å². The highest BCUT2D eigenvalue weighted by molar-refractivity contribution is 5.77. The summed E-state index contributed by atoms with van der Waals surface area (Å²) >= 11 is 0. The van der Waals surface area contributed by atoms with Gasteiger partial charge in [0, 0.05) is 20.6 Å². The van der Waals surface area contributed by atoms with Crippen molar-refractivity contribution in [3.63, 3.8) is 0 Å². The molecule has 0 aliphatic heterocycles. The van der Waals surface area contributed by atoms with Crippen molar-refractivity contribution in [1.29, 1.82) is 0 Å². The second-order valence-electron chi connectivity index (χ2n) is 4.03. The van der Waals surface area contributed by atoms with Crippen LogP contribution in [-0.4, -0.2) is 31.4 Å². The molecule has 0 saturated heterocycles. The molecule has 4 heteroatoms. The lowest BCUT2D eigenvalue weighted by atomic mass is 10.1. The first kappa shape index (κ1) is 16.6. The molecule has 0 spiro atoms. The van der Waals surface area contributed by atoms with E-state index in [0.29, 0.717) is 6.54 Å². The van der Waals surface area contributed by atoms with E-state index in [-0.39, 0.29) is 18.3 Å². The van der Waals surface area contributed by atoms with Crippen molar-refractivity contribution in [2.75, 3.05) is 20.6 Å². The van der Waals surface area contributed by atoms with Crippen molar-refractivity contribution in [3.05, 3.63) is 35.1 Å². The van der Waals surface area contributed by atoms with E-state index in [1.807, 2.05) is 26.8 Å². The zero-order chi connectivity index (χ0) is 14.1. The number of halogens is 1. The van der Waals surface area contributed by atoms with Crippen molar-refractivity contribution in [2.24, 2.45) is 0 Å². The molecule has 3 nitrogen and oxygen atoms in total. The fourth-order valence-corrected chi connectivity index (χ4v) is 1.39. The van der Waals surface area contributed by atoms with Gasteiger partial charge in [-0.15, -0.1) is 0 Å². The fraction of sp³-hybridized carbons (Fsp3) is 0.500. The number of amides is 1. The third kappa shape index (κ3) is 6.35. The number of aryl methyl sites for hydroxylation is 1. The first-order valence-corrected chi connectivity index (χ1v) is 6.16. The number of nitrogens with zero attached hydrogens (tertiary/aromatic N) is 1. The summed E-state index contributed by atoms with van der Waals surface area (Å²) in [6, 6.07) is 4.85. The second kappa shape index (κ2) is 8.64. The van der Waals surface area contributed by atoms with Gasteiger partial charge in [0.15, 0.2) is 0 Å². The van der Waals surface area contributed by atoms with Gasteiger partial charge < -0.3 is 10.2 Å². The zero-order valence-corrected chi connectivity index (χ0v) is 11.9. The van der Waals surface area contributed by atoms with E-state index in [1.54, 1.807) is 14.1 Å². The average Bonchev–Trinajstić information content (AvgIpc) is 2.30. The highest BCUT2D eigenvalue weighted by Crippen LogP contribution is 2.07. The summed E-state index contributed by atoms with van der Waals surface area (Å²) in [5.74, 6) is -0.233. The zero-order valence-electron chi connectivity index (χ0n) is 11.9. The molecule has 0 aliphatic carbocycles. The molecule has 1 aromatic rings. The molecule has 18 heavy (non-hydrogen) atoms. The summed E-state index contributed by atoms with van der Waals surface area (Å²) in [6.07, 6.45) is 0. The van der Waals surface area contributed by atoms with Crippen LogP contribution < -0.4 is 5.32 Å². The Bertz CT molecular complexity index is 358. The molecule has 0 atom stereocenters. The van der Waals surface area contributed by atoms with E-state index in [2.05, 4.69) is 5.32 Å². The Balaban J connectivity index is 0.00000137. The lowest BCUT2D eigenvalue weighted by Crippen LogP contribution is -2.32. The molecule has 0 aromatic heterocycles. The summed E-state index contributed by atoms with van der Waals surface area (Å²) in [6.45, 7) is 6.61. The van der Waals surface area contributed by atoms with Crippen LogP contribution in [0.15, 0.2) is 18.2 Å². The fourth-order valence-electron chi connectivity index (χ4n) is 1.39. The van der Waals surface area contributed by atoms with Crippen molar-refractivity contribution in [3.8, 4) is 0 Å². The average molecular weight is 254 g/mol. The molecular weight excluding hydrogens is 231 g/mol. The van der Waals surface area contributed by atoms with E-state index in [9.17, 15) is 9.18 Å². The molecule has 1 aromatic carbocycles. The monoisotopic (exact) mass is 254 g/mol. The first-order valence-electron chi connectivity index (χ1n) is 6.16. The third-order valence-electron chi connectivity index (χ3n) is 2.21. The SMILES string of the molecule is CC.Cc1cc(F)cc(CNCC(=O)N(C)C)c1. The predicted octanol–water partition coefficient (Wildman–Crippen LogP) is 2.34. The lowest BCUT2D eigenvalue weighted by molar-refractivity contribution is -0.127. The van der Waals surface area contributed by atoms with Crippen molar-refractivity contribution >= 4 is 5.91 Å². The van der Waals surface area contributed by atoms with E-state index < -0.39 is 0 Å². The molecule has 1 rings (SSSR count). The molecular formula is C14H23FN2O. The quantitative estimate of drug-likeness (QED) is 0.894. The molecule has 0 radical (unpaired) electrons. The van der Waals surface area contributed by atoms with E-state index >= 15 is 0 Å². The van der Waals surface area contributed by atoms with E-state index in [1.165, 1.54) is 17.0 Å². The molecule has 1 amide bonds. The summed E-state index contributed by atoms with van der Waals surface area (Å²) in [7, 11) is 3.41. The van der Waals surface area contributed by atoms with E-state index in [0.717, 1.165) is 11.1 Å². The van der Waals surface area contributed by atoms with Crippen LogP contribution in [0.2, 0.25) is 0 Å². The molecule has 0 aliphatic rings. The largest absolute Gasteiger partial charge is 0.348 e. The minimum atomic E-state index is -0.240. The minimum absolute atomic E-state index is 0.00752. The molecule has 102 valence electrons. The van der Waals surface area contributed by atoms with Crippen molar-refractivity contribution in [1.82, 2.24) is 10.2 Å². The Morgan fingerprint density at radius 2 is 1.89 bits per heavy atom. The van der Waals surface area contributed by atoms with Gasteiger partial charge in [-0.25, -0.2) is 4.39 Å². The minimum Gasteiger partial charge on any atom is -0.348 e. The van der Waals surface area contributed by atoms with Crippen LogP contribution in [-0.2, 0) is 11.3 Å². The number of carbonyl (C=O) groups is 1. The van der Waals surface area contributed by atoms with Gasteiger partial charge in [0.05, 0.1) is 6.54 Å². The highest BCUT2D eigenvalue weighted by Gasteiger charge is 2.03. The first-order chi connectivity index (χ1) is 8.49. The number of hydrogen-bond donors (Lipinski definition) is 1. The topological polar surface area (TPSA) is 32.3 Å². The maximum Gasteiger partial charge on any atom is 0.236 e. The van der Waals surface area contributed by atoms with Crippen LogP contribution in [0.1, 0.15) is 25.0 Å². The Hall–Kier alpha value is -1.42. The van der Waals surface area contributed by atoms with Gasteiger partial charge in [-0.1, -0.05) is 19.9 Å². The van der Waals surface area contributed by atoms with Gasteiger partial charge in [-0.3, -0.25) is 4.79 Å². The number of likely N-dealkylation sites (N-methyl/N-ethyl adjacent to an activating group) is 1. The van der Waals surface area contributed by atoms with Crippen LogP contribution in [0.25, 0.3) is 0 Å². The smallest absolute Gasteiger partial charge is 0.236 e. The lowest BCUT2D eigenvalue weighted by Gasteiger charge is -2.11.